The number of hydrogen-bond acceptors (Lipinski definition) is 9. The Balaban J connectivity index is 2.05. The fourth-order valence-electron chi connectivity index (χ4n) is 3.12. The van der Waals surface area contributed by atoms with Gasteiger partial charge in [-0.1, -0.05) is 35.9 Å². The van der Waals surface area contributed by atoms with Crippen LogP contribution in [0.4, 0.5) is 0 Å². The maximum absolute atomic E-state index is 13.8. The zero-order valence-electron chi connectivity index (χ0n) is 16.0. The third-order valence-corrected chi connectivity index (χ3v) is 8.92. The molecule has 4 N–H and O–H groups in total. The molecule has 1 heterocycles. The van der Waals surface area contributed by atoms with E-state index >= 15 is 0 Å². The summed E-state index contributed by atoms with van der Waals surface area (Å²) in [5, 5.41) is 40.2. The number of aryl methyl sites for hydroxylation is 1. The van der Waals surface area contributed by atoms with Gasteiger partial charge in [-0.2, -0.15) is 8.42 Å². The molecular formula is C19H23O9PS. The van der Waals surface area contributed by atoms with Crippen LogP contribution >= 0.6 is 7.37 Å². The molecule has 0 radical (unpaired) electrons. The lowest BCUT2D eigenvalue weighted by Crippen LogP contribution is -2.57. The predicted molar refractivity (Wildman–Crippen MR) is 107 cm³/mol. The summed E-state index contributed by atoms with van der Waals surface area (Å²) in [4.78, 5) is -0.230. The summed E-state index contributed by atoms with van der Waals surface area (Å²) in [6, 6.07) is 13.1. The van der Waals surface area contributed by atoms with E-state index in [1.54, 1.807) is 25.1 Å². The van der Waals surface area contributed by atoms with Crippen molar-refractivity contribution in [2.75, 3.05) is 6.61 Å². The second-order valence-corrected chi connectivity index (χ2v) is 11.0. The summed E-state index contributed by atoms with van der Waals surface area (Å²) >= 11 is 0. The standard InChI is InChI=1S/C19H23O9PS/c1-12-7-9-14(10-8-12)30(25,26)28-19-17(23)16(22)18(15(21)11-20)27-29(19,24)13-5-3-2-4-6-13/h2-10,15-23H,11H2,1H3/t15-,16-,17+,18-,19-,29?/m1/s1. The lowest BCUT2D eigenvalue weighted by atomic mass is 10.0. The van der Waals surface area contributed by atoms with Gasteiger partial charge in [0.2, 0.25) is 0 Å². The highest BCUT2D eigenvalue weighted by atomic mass is 32.2. The van der Waals surface area contributed by atoms with Crippen LogP contribution in [0.2, 0.25) is 0 Å². The molecule has 1 aliphatic heterocycles. The van der Waals surface area contributed by atoms with E-state index in [-0.39, 0.29) is 10.2 Å². The maximum atomic E-state index is 13.8. The number of hydrogen-bond donors (Lipinski definition) is 4. The zero-order valence-corrected chi connectivity index (χ0v) is 17.7. The molecule has 0 aromatic heterocycles. The van der Waals surface area contributed by atoms with Crippen LogP contribution in [0.3, 0.4) is 0 Å². The van der Waals surface area contributed by atoms with E-state index in [1.165, 1.54) is 36.4 Å². The number of benzene rings is 2. The Hall–Kier alpha value is -1.62. The van der Waals surface area contributed by atoms with Gasteiger partial charge in [-0.3, -0.25) is 4.57 Å². The van der Waals surface area contributed by atoms with Crippen LogP contribution in [0.1, 0.15) is 5.56 Å². The molecule has 0 saturated carbocycles. The highest BCUT2D eigenvalue weighted by Gasteiger charge is 2.56. The van der Waals surface area contributed by atoms with Crippen molar-refractivity contribution < 1.29 is 42.1 Å². The van der Waals surface area contributed by atoms with Crippen LogP contribution in [-0.4, -0.2) is 65.7 Å². The van der Waals surface area contributed by atoms with E-state index in [4.69, 9.17) is 8.71 Å². The first-order valence-corrected chi connectivity index (χ1v) is 12.2. The van der Waals surface area contributed by atoms with Gasteiger partial charge in [0, 0.05) is 5.30 Å². The Bertz CT molecular complexity index is 1010. The van der Waals surface area contributed by atoms with Crippen molar-refractivity contribution in [1.82, 2.24) is 0 Å². The van der Waals surface area contributed by atoms with Crippen LogP contribution in [-0.2, 0) is 23.4 Å². The van der Waals surface area contributed by atoms with Gasteiger partial charge in [0.25, 0.3) is 17.5 Å². The first-order chi connectivity index (χ1) is 14.1. The Morgan fingerprint density at radius 3 is 2.23 bits per heavy atom. The Morgan fingerprint density at radius 1 is 1.07 bits per heavy atom. The highest BCUT2D eigenvalue weighted by molar-refractivity contribution is 7.87. The molecule has 2 aromatic rings. The molecule has 1 fully saturated rings. The van der Waals surface area contributed by atoms with Crippen LogP contribution in [0.15, 0.2) is 59.5 Å². The van der Waals surface area contributed by atoms with E-state index in [9.17, 15) is 33.4 Å². The SMILES string of the molecule is Cc1ccc(S(=O)(=O)O[C@H]2[C@@H](O)[C@@H](O)[C@@H]([C@H](O)CO)OP2(=O)c2ccccc2)cc1. The summed E-state index contributed by atoms with van der Waals surface area (Å²) < 4.78 is 50.0. The molecule has 3 rings (SSSR count). The molecular weight excluding hydrogens is 435 g/mol. The van der Waals surface area contributed by atoms with Gasteiger partial charge in [-0.15, -0.1) is 0 Å². The molecule has 0 aliphatic carbocycles. The molecule has 1 saturated heterocycles. The van der Waals surface area contributed by atoms with Crippen LogP contribution < -0.4 is 5.30 Å². The molecule has 0 amide bonds. The van der Waals surface area contributed by atoms with Gasteiger partial charge in [-0.05, 0) is 31.2 Å². The lowest BCUT2D eigenvalue weighted by Gasteiger charge is -2.43. The van der Waals surface area contributed by atoms with Crippen molar-refractivity contribution in [2.45, 2.75) is 42.1 Å². The number of aliphatic hydroxyl groups is 4. The summed E-state index contributed by atoms with van der Waals surface area (Å²) in [5.74, 6) is -1.97. The molecule has 1 unspecified atom stereocenters. The lowest BCUT2D eigenvalue weighted by molar-refractivity contribution is -0.135. The van der Waals surface area contributed by atoms with Gasteiger partial charge in [0.1, 0.15) is 24.4 Å². The van der Waals surface area contributed by atoms with E-state index in [1.807, 2.05) is 0 Å². The smallest absolute Gasteiger partial charge is 0.297 e. The Kier molecular flexibility index (Phi) is 6.81. The normalized spacial score (nSPS) is 30.7. The predicted octanol–water partition coefficient (Wildman–Crippen LogP) is 0.104. The van der Waals surface area contributed by atoms with Crippen molar-refractivity contribution in [3.63, 3.8) is 0 Å². The largest absolute Gasteiger partial charge is 0.394 e. The third-order valence-electron chi connectivity index (χ3n) is 4.81. The van der Waals surface area contributed by atoms with E-state index in [0.29, 0.717) is 0 Å². The molecule has 9 nitrogen and oxygen atoms in total. The van der Waals surface area contributed by atoms with Crippen LogP contribution in [0.5, 0.6) is 0 Å². The van der Waals surface area contributed by atoms with Crippen molar-refractivity contribution in [1.29, 1.82) is 0 Å². The molecule has 6 atom stereocenters. The molecule has 0 spiro atoms. The van der Waals surface area contributed by atoms with E-state index in [0.717, 1.165) is 5.56 Å². The zero-order chi connectivity index (χ0) is 22.1. The van der Waals surface area contributed by atoms with Crippen LogP contribution in [0.25, 0.3) is 0 Å². The molecule has 1 aliphatic rings. The minimum Gasteiger partial charge on any atom is -0.394 e. The minimum absolute atomic E-state index is 0.0233. The van der Waals surface area contributed by atoms with Gasteiger partial charge in [0.05, 0.1) is 11.5 Å². The van der Waals surface area contributed by atoms with Gasteiger partial charge < -0.3 is 24.9 Å². The number of aliphatic hydroxyl groups excluding tert-OH is 4. The summed E-state index contributed by atoms with van der Waals surface area (Å²) in [5.41, 5.74) is 0.807. The van der Waals surface area contributed by atoms with Crippen molar-refractivity contribution in [3.8, 4) is 0 Å². The monoisotopic (exact) mass is 458 g/mol. The van der Waals surface area contributed by atoms with E-state index in [2.05, 4.69) is 0 Å². The highest BCUT2D eigenvalue weighted by Crippen LogP contribution is 2.58. The van der Waals surface area contributed by atoms with E-state index < -0.39 is 54.4 Å². The second kappa shape index (κ2) is 8.86. The summed E-state index contributed by atoms with van der Waals surface area (Å²) in [6.45, 7) is 0.930. The summed E-state index contributed by atoms with van der Waals surface area (Å²) in [7, 11) is -8.79. The first kappa shape index (κ1) is 23.1. The average molecular weight is 458 g/mol. The topological polar surface area (TPSA) is 151 Å². The third kappa shape index (κ3) is 4.37. The molecule has 0 bridgehead atoms. The minimum atomic E-state index is -4.49. The Labute approximate surface area is 174 Å². The molecule has 11 heteroatoms. The molecule has 2 aromatic carbocycles. The fraction of sp³-hybridized carbons (Fsp3) is 0.368. The van der Waals surface area contributed by atoms with Gasteiger partial charge in [-0.25, -0.2) is 4.18 Å². The Morgan fingerprint density at radius 2 is 1.67 bits per heavy atom. The maximum Gasteiger partial charge on any atom is 0.297 e. The van der Waals surface area contributed by atoms with Crippen molar-refractivity contribution in [3.05, 3.63) is 60.2 Å². The van der Waals surface area contributed by atoms with Crippen LogP contribution in [0, 0.1) is 6.92 Å². The fourth-order valence-corrected chi connectivity index (χ4v) is 7.19. The first-order valence-electron chi connectivity index (χ1n) is 9.09. The average Bonchev–Trinajstić information content (AvgIpc) is 2.74. The summed E-state index contributed by atoms with van der Waals surface area (Å²) in [6.07, 6.45) is -7.15. The van der Waals surface area contributed by atoms with Crippen molar-refractivity contribution in [2.24, 2.45) is 0 Å². The molecule has 30 heavy (non-hydrogen) atoms. The van der Waals surface area contributed by atoms with Crippen molar-refractivity contribution >= 4 is 22.8 Å². The number of rotatable bonds is 6. The van der Waals surface area contributed by atoms with Gasteiger partial charge >= 0.3 is 0 Å². The second-order valence-electron chi connectivity index (χ2n) is 6.99. The molecule has 164 valence electrons. The van der Waals surface area contributed by atoms with Gasteiger partial charge in [0.15, 0.2) is 5.85 Å². The quantitative estimate of drug-likeness (QED) is 0.349.